The Morgan fingerprint density at radius 2 is 1.76 bits per heavy atom. The summed E-state index contributed by atoms with van der Waals surface area (Å²) in [5.74, 6) is -0.201. The van der Waals surface area contributed by atoms with E-state index >= 15 is 0 Å². The highest BCUT2D eigenvalue weighted by Gasteiger charge is 2.37. The quantitative estimate of drug-likeness (QED) is 0.403. The van der Waals surface area contributed by atoms with Gasteiger partial charge in [-0.25, -0.2) is 4.79 Å². The number of nitrogens with one attached hydrogen (secondary N) is 1. The Hall–Kier alpha value is -4.01. The molecule has 3 aromatic rings. The molecule has 0 bridgehead atoms. The standard InChI is InChI=1S/C29H34N6O3/c1-2-8-25-27(29(37)38)35(26(36)17-20-9-4-3-5-10-20)19-34(25)18-21-13-15-22(16-14-21)23-11-6-7-12-24(23)28-30-32-33-31-28/h6-7,11-16,20H,2-5,8-10,17-19H2,1H3,(H,37,38)(H,30,31,32,33). The molecule has 0 unspecified atom stereocenters. The number of carboxylic acids is 1. The van der Waals surface area contributed by atoms with Gasteiger partial charge in [-0.2, -0.15) is 5.21 Å². The van der Waals surface area contributed by atoms with Crippen LogP contribution in [0.2, 0.25) is 0 Å². The molecule has 2 aliphatic rings. The second kappa shape index (κ2) is 11.6. The number of tetrazole rings is 1. The molecular formula is C29H34N6O3. The smallest absolute Gasteiger partial charge is 0.354 e. The Bertz CT molecular complexity index is 1300. The van der Waals surface area contributed by atoms with Crippen molar-refractivity contribution in [3.05, 3.63) is 65.5 Å². The van der Waals surface area contributed by atoms with Crippen LogP contribution in [-0.4, -0.2) is 54.1 Å². The monoisotopic (exact) mass is 514 g/mol. The molecule has 9 heteroatoms. The van der Waals surface area contributed by atoms with Gasteiger partial charge in [0.1, 0.15) is 0 Å². The summed E-state index contributed by atoms with van der Waals surface area (Å²) < 4.78 is 0. The summed E-state index contributed by atoms with van der Waals surface area (Å²) >= 11 is 0. The Labute approximate surface area is 222 Å². The normalized spacial score (nSPS) is 16.3. The molecule has 0 radical (unpaired) electrons. The van der Waals surface area contributed by atoms with Gasteiger partial charge in [0.05, 0.1) is 6.67 Å². The number of amides is 1. The summed E-state index contributed by atoms with van der Waals surface area (Å²) in [6, 6.07) is 16.1. The molecule has 0 saturated heterocycles. The zero-order valence-corrected chi connectivity index (χ0v) is 21.8. The molecule has 1 aliphatic carbocycles. The van der Waals surface area contributed by atoms with Gasteiger partial charge in [0.25, 0.3) is 0 Å². The molecule has 1 amide bonds. The van der Waals surface area contributed by atoms with Gasteiger partial charge in [0.15, 0.2) is 5.70 Å². The van der Waals surface area contributed by atoms with Gasteiger partial charge in [-0.3, -0.25) is 9.69 Å². The molecule has 0 atom stereocenters. The van der Waals surface area contributed by atoms with Gasteiger partial charge in [0.2, 0.25) is 11.7 Å². The van der Waals surface area contributed by atoms with E-state index in [2.05, 4.69) is 44.9 Å². The molecule has 38 heavy (non-hydrogen) atoms. The van der Waals surface area contributed by atoms with Crippen molar-refractivity contribution in [1.82, 2.24) is 30.4 Å². The lowest BCUT2D eigenvalue weighted by Gasteiger charge is -2.26. The van der Waals surface area contributed by atoms with E-state index in [0.717, 1.165) is 60.1 Å². The average molecular weight is 515 g/mol. The highest BCUT2D eigenvalue weighted by atomic mass is 16.4. The molecule has 1 saturated carbocycles. The fourth-order valence-corrected chi connectivity index (χ4v) is 5.70. The number of hydrogen-bond acceptors (Lipinski definition) is 6. The van der Waals surface area contributed by atoms with Crippen LogP contribution in [0.1, 0.15) is 63.9 Å². The maximum Gasteiger partial charge on any atom is 0.354 e. The van der Waals surface area contributed by atoms with Crippen LogP contribution in [0.25, 0.3) is 22.5 Å². The third-order valence-corrected chi connectivity index (χ3v) is 7.57. The maximum absolute atomic E-state index is 13.3. The highest BCUT2D eigenvalue weighted by molar-refractivity contribution is 5.94. The van der Waals surface area contributed by atoms with Crippen LogP contribution >= 0.6 is 0 Å². The van der Waals surface area contributed by atoms with Gasteiger partial charge < -0.3 is 10.0 Å². The van der Waals surface area contributed by atoms with Crippen LogP contribution in [0.3, 0.4) is 0 Å². The third-order valence-electron chi connectivity index (χ3n) is 7.57. The van der Waals surface area contributed by atoms with E-state index < -0.39 is 5.97 Å². The van der Waals surface area contributed by atoms with E-state index in [1.54, 1.807) is 0 Å². The number of aromatic amines is 1. The number of rotatable bonds is 9. The number of nitrogens with zero attached hydrogens (tertiary/aromatic N) is 5. The van der Waals surface area contributed by atoms with Gasteiger partial charge in [0, 0.05) is 24.2 Å². The summed E-state index contributed by atoms with van der Waals surface area (Å²) in [6.45, 7) is 2.85. The molecule has 1 fully saturated rings. The molecular weight excluding hydrogens is 480 g/mol. The van der Waals surface area contributed by atoms with Gasteiger partial charge in [-0.1, -0.05) is 81.1 Å². The summed E-state index contributed by atoms with van der Waals surface area (Å²) in [6.07, 6.45) is 7.50. The van der Waals surface area contributed by atoms with Gasteiger partial charge >= 0.3 is 5.97 Å². The zero-order chi connectivity index (χ0) is 26.5. The number of carbonyl (C=O) groups is 2. The first kappa shape index (κ1) is 25.6. The predicted molar refractivity (Wildman–Crippen MR) is 143 cm³/mol. The molecule has 1 aliphatic heterocycles. The minimum atomic E-state index is -1.03. The summed E-state index contributed by atoms with van der Waals surface area (Å²) in [4.78, 5) is 29.2. The first-order chi connectivity index (χ1) is 18.5. The van der Waals surface area contributed by atoms with E-state index in [1.807, 2.05) is 36.1 Å². The number of carbonyl (C=O) groups excluding carboxylic acids is 1. The zero-order valence-electron chi connectivity index (χ0n) is 21.8. The molecule has 2 heterocycles. The lowest BCUT2D eigenvalue weighted by atomic mass is 9.86. The number of aromatic nitrogens is 4. The molecule has 9 nitrogen and oxygen atoms in total. The number of carboxylic acid groups (broad SMARTS) is 1. The number of aliphatic carboxylic acids is 1. The average Bonchev–Trinajstić information content (AvgIpc) is 3.59. The number of H-pyrrole nitrogens is 1. The molecule has 2 aromatic carbocycles. The van der Waals surface area contributed by atoms with E-state index in [-0.39, 0.29) is 18.3 Å². The van der Waals surface area contributed by atoms with Crippen molar-refractivity contribution in [2.75, 3.05) is 6.67 Å². The van der Waals surface area contributed by atoms with Crippen molar-refractivity contribution < 1.29 is 14.7 Å². The van der Waals surface area contributed by atoms with Crippen LogP contribution in [0, 0.1) is 5.92 Å². The SMILES string of the molecule is CCCC1=C(C(=O)O)N(C(=O)CC2CCCCC2)CN1Cc1ccc(-c2ccccc2-c2nn[nH]n2)cc1. The Morgan fingerprint density at radius 3 is 2.42 bits per heavy atom. The first-order valence-corrected chi connectivity index (χ1v) is 13.5. The Balaban J connectivity index is 1.35. The van der Waals surface area contributed by atoms with Crippen LogP contribution in [0.4, 0.5) is 0 Å². The molecule has 0 spiro atoms. The number of allylic oxidation sites excluding steroid dienone is 1. The minimum absolute atomic E-state index is 0.0705. The van der Waals surface area contributed by atoms with Gasteiger partial charge in [-0.05, 0) is 47.1 Å². The van der Waals surface area contributed by atoms with E-state index in [9.17, 15) is 14.7 Å². The third kappa shape index (κ3) is 5.46. The Kier molecular flexibility index (Phi) is 7.81. The minimum Gasteiger partial charge on any atom is -0.477 e. The predicted octanol–water partition coefficient (Wildman–Crippen LogP) is 5.20. The van der Waals surface area contributed by atoms with E-state index in [1.165, 1.54) is 11.3 Å². The fourth-order valence-electron chi connectivity index (χ4n) is 5.70. The van der Waals surface area contributed by atoms with Crippen LogP contribution in [-0.2, 0) is 16.1 Å². The van der Waals surface area contributed by atoms with Crippen molar-refractivity contribution in [1.29, 1.82) is 0 Å². The van der Waals surface area contributed by atoms with Crippen LogP contribution in [0.15, 0.2) is 59.9 Å². The molecule has 198 valence electrons. The number of benzene rings is 2. The van der Waals surface area contributed by atoms with E-state index in [0.29, 0.717) is 31.1 Å². The fraction of sp³-hybridized carbons (Fsp3) is 0.414. The molecule has 5 rings (SSSR count). The lowest BCUT2D eigenvalue weighted by molar-refractivity contribution is -0.140. The van der Waals surface area contributed by atoms with Crippen molar-refractivity contribution in [2.24, 2.45) is 5.92 Å². The highest BCUT2D eigenvalue weighted by Crippen LogP contribution is 2.34. The second-order valence-corrected chi connectivity index (χ2v) is 10.2. The summed E-state index contributed by atoms with van der Waals surface area (Å²) in [7, 11) is 0. The molecule has 2 N–H and O–H groups in total. The largest absolute Gasteiger partial charge is 0.477 e. The second-order valence-electron chi connectivity index (χ2n) is 10.2. The van der Waals surface area contributed by atoms with Crippen molar-refractivity contribution in [3.8, 4) is 22.5 Å². The van der Waals surface area contributed by atoms with E-state index in [4.69, 9.17) is 0 Å². The van der Waals surface area contributed by atoms with Crippen LogP contribution in [0.5, 0.6) is 0 Å². The van der Waals surface area contributed by atoms with Crippen LogP contribution < -0.4 is 0 Å². The van der Waals surface area contributed by atoms with Crippen molar-refractivity contribution >= 4 is 11.9 Å². The summed E-state index contributed by atoms with van der Waals surface area (Å²) in [5, 5.41) is 24.5. The lowest BCUT2D eigenvalue weighted by Crippen LogP contribution is -2.35. The number of hydrogen-bond donors (Lipinski definition) is 2. The van der Waals surface area contributed by atoms with Gasteiger partial charge in [-0.15, -0.1) is 10.2 Å². The molecule has 1 aromatic heterocycles. The van der Waals surface area contributed by atoms with Crippen molar-refractivity contribution in [2.45, 2.75) is 64.8 Å². The van der Waals surface area contributed by atoms with Crippen molar-refractivity contribution in [3.63, 3.8) is 0 Å². The summed E-state index contributed by atoms with van der Waals surface area (Å²) in [5.41, 5.74) is 4.85. The Morgan fingerprint density at radius 1 is 1.03 bits per heavy atom. The topological polar surface area (TPSA) is 115 Å². The maximum atomic E-state index is 13.3. The first-order valence-electron chi connectivity index (χ1n) is 13.5.